The molecule has 0 aromatic carbocycles. The molecule has 262 valence electrons. The average molecular weight is 661 g/mol. The van der Waals surface area contributed by atoms with Crippen LogP contribution in [0.25, 0.3) is 4.85 Å². The SMILES string of the molecule is [C-]#[N+]C1=C(O)C(C)(C)[C@@H]2CC[C@]3(C)C(=CC(=O)[C@@H]4[C@@H]5CC(C)(C)CC[C@]5(c5noc(CCNC(=O)OC(C)(C)C)n5)CC[C@]43C)[C@@]2(C)C1. The second kappa shape index (κ2) is 10.9. The summed E-state index contributed by atoms with van der Waals surface area (Å²) in [5, 5.41) is 18.5. The number of rotatable bonds is 4. The van der Waals surface area contributed by atoms with Crippen LogP contribution < -0.4 is 5.32 Å². The van der Waals surface area contributed by atoms with Crippen LogP contribution in [0.1, 0.15) is 132 Å². The number of aliphatic hydroxyl groups is 1. The number of alkyl carbamates (subject to hydrolysis) is 1. The number of ketones is 1. The summed E-state index contributed by atoms with van der Waals surface area (Å²) in [6.45, 7) is 29.5. The quantitative estimate of drug-likeness (QED) is 0.310. The van der Waals surface area contributed by atoms with Gasteiger partial charge in [0.05, 0.1) is 6.57 Å². The van der Waals surface area contributed by atoms with Crippen molar-refractivity contribution in [2.45, 2.75) is 138 Å². The van der Waals surface area contributed by atoms with E-state index in [1.165, 1.54) is 5.57 Å². The molecule has 9 heteroatoms. The first-order valence-corrected chi connectivity index (χ1v) is 18.0. The molecule has 1 amide bonds. The first-order valence-electron chi connectivity index (χ1n) is 18.0. The Hall–Kier alpha value is -3.15. The molecule has 9 nitrogen and oxygen atoms in total. The number of aliphatic hydroxyl groups excluding tert-OH is 1. The fraction of sp³-hybridized carbons (Fsp3) is 0.769. The number of fused-ring (bicyclic) bond motifs is 7. The minimum atomic E-state index is -0.575. The Morgan fingerprint density at radius 1 is 1.10 bits per heavy atom. The normalized spacial score (nSPS) is 38.4. The van der Waals surface area contributed by atoms with Crippen LogP contribution in [0.2, 0.25) is 0 Å². The summed E-state index contributed by atoms with van der Waals surface area (Å²) in [5.74, 6) is 1.63. The summed E-state index contributed by atoms with van der Waals surface area (Å²) in [6.07, 6.45) is 8.87. The highest BCUT2D eigenvalue weighted by atomic mass is 16.6. The van der Waals surface area contributed by atoms with Gasteiger partial charge in [0.2, 0.25) is 11.6 Å². The van der Waals surface area contributed by atoms with Crippen molar-refractivity contribution in [2.75, 3.05) is 6.54 Å². The van der Waals surface area contributed by atoms with E-state index >= 15 is 0 Å². The maximum absolute atomic E-state index is 14.9. The summed E-state index contributed by atoms with van der Waals surface area (Å²) in [6, 6.07) is 0. The smallest absolute Gasteiger partial charge is 0.407 e. The number of allylic oxidation sites excluding steroid dienone is 4. The molecule has 0 bridgehead atoms. The van der Waals surface area contributed by atoms with Gasteiger partial charge in [0, 0.05) is 29.7 Å². The Balaban J connectivity index is 1.35. The van der Waals surface area contributed by atoms with Crippen molar-refractivity contribution in [1.29, 1.82) is 0 Å². The molecule has 5 aliphatic carbocycles. The summed E-state index contributed by atoms with van der Waals surface area (Å²) >= 11 is 0. The highest BCUT2D eigenvalue weighted by Gasteiger charge is 2.70. The summed E-state index contributed by atoms with van der Waals surface area (Å²) in [7, 11) is 0. The van der Waals surface area contributed by atoms with Gasteiger partial charge in [0.1, 0.15) is 11.4 Å². The molecule has 0 aliphatic heterocycles. The number of ether oxygens (including phenoxy) is 1. The lowest BCUT2D eigenvalue weighted by atomic mass is 9.34. The van der Waals surface area contributed by atoms with Crippen molar-refractivity contribution >= 4 is 11.9 Å². The molecule has 0 radical (unpaired) electrons. The fourth-order valence-corrected chi connectivity index (χ4v) is 11.4. The molecule has 48 heavy (non-hydrogen) atoms. The van der Waals surface area contributed by atoms with Crippen LogP contribution in [-0.4, -0.2) is 39.3 Å². The zero-order chi connectivity index (χ0) is 35.3. The van der Waals surface area contributed by atoms with Gasteiger partial charge in [0.15, 0.2) is 11.6 Å². The minimum absolute atomic E-state index is 0.0588. The number of aromatic nitrogens is 2. The van der Waals surface area contributed by atoms with E-state index in [2.05, 4.69) is 63.8 Å². The predicted molar refractivity (Wildman–Crippen MR) is 183 cm³/mol. The second-order valence-electron chi connectivity index (χ2n) is 18.8. The van der Waals surface area contributed by atoms with Crippen LogP contribution in [0, 0.1) is 51.4 Å². The van der Waals surface area contributed by atoms with E-state index in [1.807, 2.05) is 26.8 Å². The van der Waals surface area contributed by atoms with E-state index in [-0.39, 0.29) is 56.4 Å². The molecule has 2 N–H and O–H groups in total. The lowest BCUT2D eigenvalue weighted by Crippen LogP contribution is -2.65. The summed E-state index contributed by atoms with van der Waals surface area (Å²) in [4.78, 5) is 35.8. The Bertz CT molecular complexity index is 1620. The van der Waals surface area contributed by atoms with E-state index in [0.29, 0.717) is 36.8 Å². The first-order chi connectivity index (χ1) is 22.1. The Morgan fingerprint density at radius 3 is 2.46 bits per heavy atom. The molecule has 7 atom stereocenters. The number of carbonyl (C=O) groups is 2. The molecule has 0 spiro atoms. The molecule has 0 saturated heterocycles. The van der Waals surface area contributed by atoms with Gasteiger partial charge in [-0.3, -0.25) is 4.79 Å². The Labute approximate surface area is 286 Å². The Kier molecular flexibility index (Phi) is 7.90. The summed E-state index contributed by atoms with van der Waals surface area (Å²) in [5.41, 5.74) is -0.660. The third kappa shape index (κ3) is 5.05. The largest absolute Gasteiger partial charge is 0.523 e. The van der Waals surface area contributed by atoms with Crippen LogP contribution in [0.5, 0.6) is 0 Å². The van der Waals surface area contributed by atoms with Gasteiger partial charge in [-0.1, -0.05) is 59.2 Å². The topological polar surface area (TPSA) is 119 Å². The fourth-order valence-electron chi connectivity index (χ4n) is 11.4. The predicted octanol–water partition coefficient (Wildman–Crippen LogP) is 8.67. The van der Waals surface area contributed by atoms with E-state index in [4.69, 9.17) is 20.8 Å². The molecular formula is C39H56N4O5. The molecule has 1 aromatic heterocycles. The lowest BCUT2D eigenvalue weighted by molar-refractivity contribution is -0.161. The third-order valence-corrected chi connectivity index (χ3v) is 14.0. The monoisotopic (exact) mass is 660 g/mol. The van der Waals surface area contributed by atoms with Crippen molar-refractivity contribution in [3.8, 4) is 0 Å². The standard InChI is InChI=1S/C39H56N4O5/c1-33(2,3)47-32(46)41-19-13-28-42-31(43-48-28)39-17-15-34(4,5)21-23(39)29-25(44)20-27-36(8)22-24(40-11)30(45)35(6,7)26(36)12-14-37(27,9)38(29,10)16-18-39/h20,23,26,29,45H,12-19,21-22H2,1-10H3,(H,41,46)/t23-,26-,29-,36-,37+,38+,39-/m0/s1. The van der Waals surface area contributed by atoms with Crippen molar-refractivity contribution < 1.29 is 24.0 Å². The van der Waals surface area contributed by atoms with Crippen LogP contribution in [0.3, 0.4) is 0 Å². The van der Waals surface area contributed by atoms with Gasteiger partial charge in [0.25, 0.3) is 0 Å². The lowest BCUT2D eigenvalue weighted by Gasteiger charge is -2.69. The Morgan fingerprint density at radius 2 is 1.79 bits per heavy atom. The van der Waals surface area contributed by atoms with Crippen LogP contribution >= 0.6 is 0 Å². The van der Waals surface area contributed by atoms with E-state index in [1.54, 1.807) is 0 Å². The maximum atomic E-state index is 14.9. The zero-order valence-corrected chi connectivity index (χ0v) is 30.8. The van der Waals surface area contributed by atoms with E-state index in [0.717, 1.165) is 44.9 Å². The molecule has 1 heterocycles. The maximum Gasteiger partial charge on any atom is 0.407 e. The number of amides is 1. The first kappa shape index (κ1) is 34.7. The molecule has 3 saturated carbocycles. The van der Waals surface area contributed by atoms with Crippen molar-refractivity contribution in [3.05, 3.63) is 46.2 Å². The van der Waals surface area contributed by atoms with E-state index < -0.39 is 17.1 Å². The number of nitrogens with one attached hydrogen (secondary N) is 1. The third-order valence-electron chi connectivity index (χ3n) is 14.0. The van der Waals surface area contributed by atoms with Crippen LogP contribution in [-0.2, 0) is 21.4 Å². The van der Waals surface area contributed by atoms with Gasteiger partial charge in [-0.2, -0.15) is 4.98 Å². The number of nitrogens with zero attached hydrogens (tertiary/aromatic N) is 3. The van der Waals surface area contributed by atoms with E-state index in [9.17, 15) is 14.7 Å². The zero-order valence-electron chi connectivity index (χ0n) is 30.8. The molecule has 0 unspecified atom stereocenters. The number of carbonyl (C=O) groups excluding carboxylic acids is 2. The molecule has 6 rings (SSSR count). The molecule has 5 aliphatic rings. The van der Waals surface area contributed by atoms with Gasteiger partial charge in [-0.25, -0.2) is 9.64 Å². The average Bonchev–Trinajstić information content (AvgIpc) is 3.44. The van der Waals surface area contributed by atoms with Gasteiger partial charge in [-0.05, 0) is 112 Å². The highest BCUT2D eigenvalue weighted by molar-refractivity contribution is 5.95. The van der Waals surface area contributed by atoms with Crippen molar-refractivity contribution in [3.63, 3.8) is 0 Å². The molecule has 3 fully saturated rings. The summed E-state index contributed by atoms with van der Waals surface area (Å²) < 4.78 is 11.2. The van der Waals surface area contributed by atoms with Crippen LogP contribution in [0.4, 0.5) is 4.79 Å². The minimum Gasteiger partial charge on any atom is -0.523 e. The van der Waals surface area contributed by atoms with Crippen molar-refractivity contribution in [1.82, 2.24) is 15.5 Å². The van der Waals surface area contributed by atoms with Gasteiger partial charge < -0.3 is 19.7 Å². The number of hydrogen-bond acceptors (Lipinski definition) is 7. The van der Waals surface area contributed by atoms with Gasteiger partial charge >= 0.3 is 6.09 Å². The van der Waals surface area contributed by atoms with Crippen molar-refractivity contribution in [2.24, 2.45) is 44.8 Å². The van der Waals surface area contributed by atoms with Gasteiger partial charge in [-0.15, -0.1) is 0 Å². The second-order valence-corrected chi connectivity index (χ2v) is 18.8. The highest BCUT2D eigenvalue weighted by Crippen LogP contribution is 2.75. The molecule has 1 aromatic rings. The van der Waals surface area contributed by atoms with Crippen LogP contribution in [0.15, 0.2) is 27.6 Å². The molecular weight excluding hydrogens is 604 g/mol. The number of hydrogen-bond donors (Lipinski definition) is 2.